The summed E-state index contributed by atoms with van der Waals surface area (Å²) in [5.74, 6) is 0.0844. The Balaban J connectivity index is 2.08. The van der Waals surface area contributed by atoms with E-state index in [0.29, 0.717) is 24.6 Å². The predicted octanol–water partition coefficient (Wildman–Crippen LogP) is 2.34. The molecule has 0 aliphatic heterocycles. The van der Waals surface area contributed by atoms with E-state index in [9.17, 15) is 9.18 Å². The fourth-order valence-corrected chi connectivity index (χ4v) is 3.20. The molecule has 0 aromatic heterocycles. The van der Waals surface area contributed by atoms with Crippen molar-refractivity contribution in [3.63, 3.8) is 0 Å². The second kappa shape index (κ2) is 6.84. The van der Waals surface area contributed by atoms with Crippen LogP contribution in [0.4, 0.5) is 4.39 Å². The number of nitrogens with zero attached hydrogens (tertiary/aromatic N) is 1. The van der Waals surface area contributed by atoms with Gasteiger partial charge < -0.3 is 10.6 Å². The number of hydrogen-bond acceptors (Lipinski definition) is 2. The van der Waals surface area contributed by atoms with Crippen LogP contribution in [0.1, 0.15) is 31.7 Å². The van der Waals surface area contributed by atoms with Crippen molar-refractivity contribution in [3.8, 4) is 0 Å². The highest BCUT2D eigenvalue weighted by Gasteiger charge is 2.33. The summed E-state index contributed by atoms with van der Waals surface area (Å²) in [4.78, 5) is 14.3. The molecule has 0 radical (unpaired) electrons. The van der Waals surface area contributed by atoms with Crippen LogP contribution in [0.5, 0.6) is 0 Å². The van der Waals surface area contributed by atoms with Gasteiger partial charge >= 0.3 is 0 Å². The lowest BCUT2D eigenvalue weighted by Crippen LogP contribution is -2.44. The standard InChI is InChI=1S/C16H23FN2O/c1-2-19(15-9-5-7-13(15)11-18)16(20)10-12-6-3-4-8-14(12)17/h3-4,6,8,13,15H,2,5,7,9-11,18H2,1H3. The first-order chi connectivity index (χ1) is 9.67. The van der Waals surface area contributed by atoms with E-state index in [1.54, 1.807) is 18.2 Å². The summed E-state index contributed by atoms with van der Waals surface area (Å²) in [6.45, 7) is 3.26. The number of nitrogens with two attached hydrogens (primary N) is 1. The molecule has 1 saturated carbocycles. The first-order valence-corrected chi connectivity index (χ1v) is 7.40. The van der Waals surface area contributed by atoms with Gasteiger partial charge in [-0.1, -0.05) is 24.6 Å². The Morgan fingerprint density at radius 2 is 2.15 bits per heavy atom. The minimum absolute atomic E-state index is 0.00273. The zero-order valence-electron chi connectivity index (χ0n) is 12.0. The Bertz CT molecular complexity index is 464. The maximum absolute atomic E-state index is 13.6. The van der Waals surface area contributed by atoms with Crippen molar-refractivity contribution in [2.45, 2.75) is 38.6 Å². The number of amides is 1. The summed E-state index contributed by atoms with van der Waals surface area (Å²) in [6, 6.07) is 6.71. The van der Waals surface area contributed by atoms with Crippen LogP contribution in [0.25, 0.3) is 0 Å². The molecule has 0 spiro atoms. The summed E-state index contributed by atoms with van der Waals surface area (Å²) < 4.78 is 13.6. The van der Waals surface area contributed by atoms with Crippen molar-refractivity contribution in [2.24, 2.45) is 11.7 Å². The normalized spacial score (nSPS) is 21.9. The molecule has 2 N–H and O–H groups in total. The zero-order valence-corrected chi connectivity index (χ0v) is 12.0. The molecule has 110 valence electrons. The Morgan fingerprint density at radius 1 is 1.40 bits per heavy atom. The third-order valence-corrected chi connectivity index (χ3v) is 4.28. The Hall–Kier alpha value is -1.42. The molecule has 3 nitrogen and oxygen atoms in total. The molecule has 4 heteroatoms. The third kappa shape index (κ3) is 3.18. The predicted molar refractivity (Wildman–Crippen MR) is 77.7 cm³/mol. The number of rotatable bonds is 5. The van der Waals surface area contributed by atoms with Crippen LogP contribution in [0.3, 0.4) is 0 Å². The van der Waals surface area contributed by atoms with Crippen molar-refractivity contribution in [2.75, 3.05) is 13.1 Å². The van der Waals surface area contributed by atoms with Gasteiger partial charge in [-0.2, -0.15) is 0 Å². The summed E-state index contributed by atoms with van der Waals surface area (Å²) in [7, 11) is 0. The Morgan fingerprint density at radius 3 is 2.80 bits per heavy atom. The fraction of sp³-hybridized carbons (Fsp3) is 0.562. The van der Waals surface area contributed by atoms with E-state index in [2.05, 4.69) is 0 Å². The molecule has 1 aromatic rings. The van der Waals surface area contributed by atoms with Crippen LogP contribution in [0.15, 0.2) is 24.3 Å². The van der Waals surface area contributed by atoms with Crippen LogP contribution in [-0.2, 0) is 11.2 Å². The second-order valence-corrected chi connectivity index (χ2v) is 5.44. The number of likely N-dealkylation sites (N-methyl/N-ethyl adjacent to an activating group) is 1. The SMILES string of the molecule is CCN(C(=O)Cc1ccccc1F)C1CCCC1CN. The van der Waals surface area contributed by atoms with Gasteiger partial charge in [0.05, 0.1) is 6.42 Å². The monoisotopic (exact) mass is 278 g/mol. The van der Waals surface area contributed by atoms with Crippen LogP contribution < -0.4 is 5.73 Å². The average Bonchev–Trinajstić information content (AvgIpc) is 2.90. The van der Waals surface area contributed by atoms with Crippen LogP contribution in [-0.4, -0.2) is 29.9 Å². The van der Waals surface area contributed by atoms with E-state index in [1.165, 1.54) is 6.07 Å². The van der Waals surface area contributed by atoms with E-state index in [1.807, 2.05) is 11.8 Å². The van der Waals surface area contributed by atoms with Gasteiger partial charge in [-0.25, -0.2) is 4.39 Å². The van der Waals surface area contributed by atoms with Gasteiger partial charge in [-0.15, -0.1) is 0 Å². The molecule has 1 fully saturated rings. The molecule has 1 aliphatic carbocycles. The molecule has 0 saturated heterocycles. The fourth-order valence-electron chi connectivity index (χ4n) is 3.20. The molecule has 2 unspecified atom stereocenters. The highest BCUT2D eigenvalue weighted by molar-refractivity contribution is 5.79. The van der Waals surface area contributed by atoms with E-state index in [4.69, 9.17) is 5.73 Å². The van der Waals surface area contributed by atoms with E-state index in [-0.39, 0.29) is 24.2 Å². The smallest absolute Gasteiger partial charge is 0.227 e. The van der Waals surface area contributed by atoms with Crippen LogP contribution in [0.2, 0.25) is 0 Å². The van der Waals surface area contributed by atoms with Gasteiger partial charge in [0.25, 0.3) is 0 Å². The van der Waals surface area contributed by atoms with Crippen LogP contribution >= 0.6 is 0 Å². The Labute approximate surface area is 120 Å². The third-order valence-electron chi connectivity index (χ3n) is 4.28. The highest BCUT2D eigenvalue weighted by Crippen LogP contribution is 2.29. The van der Waals surface area contributed by atoms with Gasteiger partial charge in [-0.05, 0) is 43.9 Å². The number of carbonyl (C=O) groups is 1. The zero-order chi connectivity index (χ0) is 14.5. The summed E-state index contributed by atoms with van der Waals surface area (Å²) >= 11 is 0. The molecule has 0 bridgehead atoms. The minimum Gasteiger partial charge on any atom is -0.339 e. The van der Waals surface area contributed by atoms with E-state index >= 15 is 0 Å². The molecular formula is C16H23FN2O. The van der Waals surface area contributed by atoms with Gasteiger partial charge in [0.1, 0.15) is 5.82 Å². The van der Waals surface area contributed by atoms with Crippen LogP contribution in [0, 0.1) is 11.7 Å². The van der Waals surface area contributed by atoms with Crippen molar-refractivity contribution >= 4 is 5.91 Å². The average molecular weight is 278 g/mol. The van der Waals surface area contributed by atoms with Gasteiger partial charge in [0.15, 0.2) is 0 Å². The van der Waals surface area contributed by atoms with Gasteiger partial charge in [0.2, 0.25) is 5.91 Å². The summed E-state index contributed by atoms with van der Waals surface area (Å²) in [6.07, 6.45) is 3.35. The number of halogens is 1. The number of carbonyl (C=O) groups excluding carboxylic acids is 1. The summed E-state index contributed by atoms with van der Waals surface area (Å²) in [5.41, 5.74) is 6.27. The highest BCUT2D eigenvalue weighted by atomic mass is 19.1. The van der Waals surface area contributed by atoms with E-state index in [0.717, 1.165) is 19.3 Å². The van der Waals surface area contributed by atoms with E-state index < -0.39 is 0 Å². The molecule has 2 rings (SSSR count). The molecule has 2 atom stereocenters. The van der Waals surface area contributed by atoms with Crippen molar-refractivity contribution < 1.29 is 9.18 Å². The first-order valence-electron chi connectivity index (χ1n) is 7.40. The first kappa shape index (κ1) is 15.0. The Kier molecular flexibility index (Phi) is 5.12. The van der Waals surface area contributed by atoms with Crippen molar-refractivity contribution in [1.82, 2.24) is 4.90 Å². The molecular weight excluding hydrogens is 255 g/mol. The second-order valence-electron chi connectivity index (χ2n) is 5.44. The van der Waals surface area contributed by atoms with Gasteiger partial charge in [0, 0.05) is 12.6 Å². The van der Waals surface area contributed by atoms with Crippen molar-refractivity contribution in [1.29, 1.82) is 0 Å². The maximum Gasteiger partial charge on any atom is 0.227 e. The lowest BCUT2D eigenvalue weighted by Gasteiger charge is -2.32. The molecule has 1 amide bonds. The number of hydrogen-bond donors (Lipinski definition) is 1. The minimum atomic E-state index is -0.307. The molecule has 1 aliphatic rings. The van der Waals surface area contributed by atoms with Gasteiger partial charge in [-0.3, -0.25) is 4.79 Å². The quantitative estimate of drug-likeness (QED) is 0.898. The molecule has 20 heavy (non-hydrogen) atoms. The largest absolute Gasteiger partial charge is 0.339 e. The summed E-state index contributed by atoms with van der Waals surface area (Å²) in [5, 5.41) is 0. The van der Waals surface area contributed by atoms with Crippen molar-refractivity contribution in [3.05, 3.63) is 35.6 Å². The topological polar surface area (TPSA) is 46.3 Å². The number of benzene rings is 1. The lowest BCUT2D eigenvalue weighted by atomic mass is 10.0. The molecule has 1 aromatic carbocycles. The lowest BCUT2D eigenvalue weighted by molar-refractivity contribution is -0.133. The maximum atomic E-state index is 13.6. The molecule has 0 heterocycles.